The summed E-state index contributed by atoms with van der Waals surface area (Å²) in [6, 6.07) is 16.3. The smallest absolute Gasteiger partial charge is 0.124 e. The second kappa shape index (κ2) is 13.6. The SMILES string of the molecule is C=C/C=C(/c1cc(F)cc(CCCN2CCCC2)c1)c1cc(-c2n[nH]c3ccc(-c4cncc(CN5CCCC5)c4)cc23)[nH]c1C. The Kier molecular flexibility index (Phi) is 8.95. The number of benzene rings is 2. The van der Waals surface area contributed by atoms with Gasteiger partial charge in [-0.2, -0.15) is 5.10 Å². The summed E-state index contributed by atoms with van der Waals surface area (Å²) in [6.45, 7) is 12.7. The number of likely N-dealkylation sites (tertiary alicyclic amines) is 2. The first-order chi connectivity index (χ1) is 22.5. The second-order valence-corrected chi connectivity index (χ2v) is 12.9. The van der Waals surface area contributed by atoms with E-state index in [9.17, 15) is 4.39 Å². The van der Waals surface area contributed by atoms with E-state index < -0.39 is 0 Å². The van der Waals surface area contributed by atoms with E-state index in [4.69, 9.17) is 5.10 Å². The van der Waals surface area contributed by atoms with Gasteiger partial charge in [0.2, 0.25) is 0 Å². The standard InChI is InChI=1S/C39H43FN6/c1-3-9-34(31-18-28(20-33(40)21-31)10-8-17-45-13-4-5-14-45)35-23-38(42-27(35)2)39-36-22-30(11-12-37(36)43-44-39)32-19-29(24-41-25-32)26-46-15-6-7-16-46/h3,9,11-12,18-25,42H,1,4-8,10,13-17,26H2,2H3,(H,43,44)/b34-9-. The van der Waals surface area contributed by atoms with Crippen LogP contribution in [0.5, 0.6) is 0 Å². The number of allylic oxidation sites excluding steroid dienone is 2. The number of nitrogens with zero attached hydrogens (tertiary/aromatic N) is 4. The molecule has 0 aliphatic carbocycles. The van der Waals surface area contributed by atoms with Gasteiger partial charge in [0.25, 0.3) is 0 Å². The molecule has 2 N–H and O–H groups in total. The summed E-state index contributed by atoms with van der Waals surface area (Å²) in [4.78, 5) is 13.2. The summed E-state index contributed by atoms with van der Waals surface area (Å²) in [7, 11) is 0. The van der Waals surface area contributed by atoms with Crippen molar-refractivity contribution in [1.29, 1.82) is 0 Å². The Hall–Kier alpha value is -4.33. The van der Waals surface area contributed by atoms with Crippen LogP contribution in [0.25, 0.3) is 39.0 Å². The Bertz CT molecular complexity index is 1870. The minimum absolute atomic E-state index is 0.207. The number of rotatable bonds is 11. The molecule has 0 unspecified atom stereocenters. The average molecular weight is 615 g/mol. The molecule has 0 spiro atoms. The van der Waals surface area contributed by atoms with Crippen LogP contribution in [0.15, 0.2) is 79.7 Å². The quantitative estimate of drug-likeness (QED) is 0.147. The van der Waals surface area contributed by atoms with Crippen LogP contribution in [-0.4, -0.2) is 62.7 Å². The highest BCUT2D eigenvalue weighted by atomic mass is 19.1. The van der Waals surface area contributed by atoms with Crippen molar-refractivity contribution in [2.24, 2.45) is 0 Å². The fourth-order valence-electron chi connectivity index (χ4n) is 7.22. The summed E-state index contributed by atoms with van der Waals surface area (Å²) >= 11 is 0. The van der Waals surface area contributed by atoms with Crippen molar-refractivity contribution < 1.29 is 4.39 Å². The van der Waals surface area contributed by atoms with Crippen molar-refractivity contribution in [3.63, 3.8) is 0 Å². The van der Waals surface area contributed by atoms with Crippen LogP contribution in [-0.2, 0) is 13.0 Å². The van der Waals surface area contributed by atoms with E-state index in [0.717, 1.165) is 100 Å². The Labute approximate surface area is 271 Å². The first kappa shape index (κ1) is 30.3. The molecule has 0 saturated carbocycles. The van der Waals surface area contributed by atoms with E-state index in [1.54, 1.807) is 18.2 Å². The third-order valence-corrected chi connectivity index (χ3v) is 9.55. The normalized spacial score (nSPS) is 16.2. The van der Waals surface area contributed by atoms with E-state index in [1.807, 2.05) is 18.5 Å². The zero-order valence-corrected chi connectivity index (χ0v) is 26.8. The number of pyridine rings is 1. The summed E-state index contributed by atoms with van der Waals surface area (Å²) in [6.07, 6.45) is 14.7. The second-order valence-electron chi connectivity index (χ2n) is 12.9. The minimum Gasteiger partial charge on any atom is -0.357 e. The highest BCUT2D eigenvalue weighted by Gasteiger charge is 2.18. The molecule has 7 rings (SSSR count). The number of H-pyrrole nitrogens is 2. The van der Waals surface area contributed by atoms with Crippen LogP contribution in [0, 0.1) is 12.7 Å². The Morgan fingerprint density at radius 1 is 0.913 bits per heavy atom. The number of hydrogen-bond donors (Lipinski definition) is 2. The van der Waals surface area contributed by atoms with Gasteiger partial charge in [-0.25, -0.2) is 4.39 Å². The number of nitrogens with one attached hydrogen (secondary N) is 2. The van der Waals surface area contributed by atoms with Gasteiger partial charge in [-0.3, -0.25) is 15.0 Å². The van der Waals surface area contributed by atoms with Crippen LogP contribution in [0.3, 0.4) is 0 Å². The fraction of sp³-hybridized carbons (Fsp3) is 0.333. The van der Waals surface area contributed by atoms with Gasteiger partial charge in [0, 0.05) is 41.1 Å². The molecule has 2 saturated heterocycles. The molecule has 7 heteroatoms. The monoisotopic (exact) mass is 614 g/mol. The van der Waals surface area contributed by atoms with Crippen LogP contribution in [0.1, 0.15) is 60.1 Å². The van der Waals surface area contributed by atoms with Crippen molar-refractivity contribution in [2.45, 2.75) is 52.0 Å². The third-order valence-electron chi connectivity index (χ3n) is 9.55. The molecule has 3 aromatic heterocycles. The molecular formula is C39H43FN6. The predicted octanol–water partition coefficient (Wildman–Crippen LogP) is 8.31. The van der Waals surface area contributed by atoms with Gasteiger partial charge < -0.3 is 9.88 Å². The van der Waals surface area contributed by atoms with Gasteiger partial charge in [-0.05, 0) is 142 Å². The van der Waals surface area contributed by atoms with Crippen molar-refractivity contribution in [1.82, 2.24) is 30.0 Å². The fourth-order valence-corrected chi connectivity index (χ4v) is 7.22. The van der Waals surface area contributed by atoms with Crippen molar-refractivity contribution >= 4 is 16.5 Å². The highest BCUT2D eigenvalue weighted by molar-refractivity contribution is 5.96. The van der Waals surface area contributed by atoms with Crippen molar-refractivity contribution in [2.75, 3.05) is 32.7 Å². The summed E-state index contributed by atoms with van der Waals surface area (Å²) < 4.78 is 15.0. The molecular weight excluding hydrogens is 571 g/mol. The van der Waals surface area contributed by atoms with Crippen LogP contribution >= 0.6 is 0 Å². The number of hydrogen-bond acceptors (Lipinski definition) is 4. The lowest BCUT2D eigenvalue weighted by molar-refractivity contribution is 0.331. The van der Waals surface area contributed by atoms with E-state index in [2.05, 4.69) is 74.8 Å². The van der Waals surface area contributed by atoms with Gasteiger partial charge in [-0.15, -0.1) is 0 Å². The molecule has 236 valence electrons. The number of aromatic amines is 2. The molecule has 5 heterocycles. The molecule has 0 atom stereocenters. The Morgan fingerprint density at radius 2 is 1.72 bits per heavy atom. The largest absolute Gasteiger partial charge is 0.357 e. The van der Waals surface area contributed by atoms with Gasteiger partial charge in [0.1, 0.15) is 11.5 Å². The van der Waals surface area contributed by atoms with Crippen LogP contribution < -0.4 is 0 Å². The van der Waals surface area contributed by atoms with Crippen molar-refractivity contribution in [3.8, 4) is 22.5 Å². The van der Waals surface area contributed by atoms with Gasteiger partial charge in [-0.1, -0.05) is 30.9 Å². The average Bonchev–Trinajstić information content (AvgIpc) is 3.88. The van der Waals surface area contributed by atoms with Gasteiger partial charge in [0.15, 0.2) is 0 Å². The molecule has 2 aromatic carbocycles. The third kappa shape index (κ3) is 6.62. The molecule has 5 aromatic rings. The van der Waals surface area contributed by atoms with Crippen LogP contribution in [0.2, 0.25) is 0 Å². The zero-order chi connectivity index (χ0) is 31.5. The maximum absolute atomic E-state index is 15.0. The first-order valence-corrected chi connectivity index (χ1v) is 16.7. The molecule has 2 aliphatic rings. The van der Waals surface area contributed by atoms with E-state index in [0.29, 0.717) is 0 Å². The molecule has 6 nitrogen and oxygen atoms in total. The van der Waals surface area contributed by atoms with Gasteiger partial charge in [0.05, 0.1) is 11.2 Å². The topological polar surface area (TPSA) is 63.8 Å². The maximum atomic E-state index is 15.0. The summed E-state index contributed by atoms with van der Waals surface area (Å²) in [5.74, 6) is -0.207. The number of aromatic nitrogens is 4. The van der Waals surface area contributed by atoms with Crippen LogP contribution in [0.4, 0.5) is 4.39 Å². The molecule has 2 aliphatic heterocycles. The van der Waals surface area contributed by atoms with E-state index in [-0.39, 0.29) is 5.82 Å². The Morgan fingerprint density at radius 3 is 2.52 bits per heavy atom. The van der Waals surface area contributed by atoms with Gasteiger partial charge >= 0.3 is 0 Å². The summed E-state index contributed by atoms with van der Waals surface area (Å²) in [5.41, 5.74) is 11.0. The predicted molar refractivity (Wildman–Crippen MR) is 186 cm³/mol. The molecule has 0 bridgehead atoms. The lowest BCUT2D eigenvalue weighted by atomic mass is 9.94. The maximum Gasteiger partial charge on any atom is 0.124 e. The first-order valence-electron chi connectivity index (χ1n) is 16.7. The minimum atomic E-state index is -0.207. The van der Waals surface area contributed by atoms with Crippen molar-refractivity contribution in [3.05, 3.63) is 113 Å². The summed E-state index contributed by atoms with van der Waals surface area (Å²) in [5, 5.41) is 8.99. The highest BCUT2D eigenvalue weighted by Crippen LogP contribution is 2.35. The lowest BCUT2D eigenvalue weighted by Gasteiger charge is -2.15. The number of aryl methyl sites for hydroxylation is 2. The molecule has 46 heavy (non-hydrogen) atoms. The Balaban J connectivity index is 1.16. The molecule has 0 radical (unpaired) electrons. The number of fused-ring (bicyclic) bond motifs is 1. The zero-order valence-electron chi connectivity index (χ0n) is 26.8. The molecule has 2 fully saturated rings. The number of halogens is 1. The van der Waals surface area contributed by atoms with E-state index in [1.165, 1.54) is 44.3 Å². The van der Waals surface area contributed by atoms with E-state index >= 15 is 0 Å². The lowest BCUT2D eigenvalue weighted by Crippen LogP contribution is -2.20. The molecule has 0 amide bonds.